The van der Waals surface area contributed by atoms with Crippen molar-refractivity contribution >= 4 is 27.6 Å². The van der Waals surface area contributed by atoms with Crippen LogP contribution >= 0.6 is 15.9 Å². The minimum Gasteiger partial charge on any atom is -0.464 e. The van der Waals surface area contributed by atoms with Gasteiger partial charge in [-0.15, -0.1) is 0 Å². The number of nitrogen functional groups attached to an aromatic ring is 1. The summed E-state index contributed by atoms with van der Waals surface area (Å²) in [5, 5.41) is 0. The van der Waals surface area contributed by atoms with E-state index in [1.54, 1.807) is 24.3 Å². The molecular formula is C13H11BrN2O3. The average molecular weight is 323 g/mol. The average Bonchev–Trinajstić information content (AvgIpc) is 2.43. The van der Waals surface area contributed by atoms with Gasteiger partial charge in [-0.3, -0.25) is 0 Å². The number of aromatic nitrogens is 1. The summed E-state index contributed by atoms with van der Waals surface area (Å²) in [5.41, 5.74) is 6.51. The maximum absolute atomic E-state index is 11.4. The van der Waals surface area contributed by atoms with Crippen molar-refractivity contribution in [1.82, 2.24) is 4.98 Å². The van der Waals surface area contributed by atoms with E-state index in [4.69, 9.17) is 10.5 Å². The first kappa shape index (κ1) is 13.4. The summed E-state index contributed by atoms with van der Waals surface area (Å²) in [7, 11) is 1.30. The number of benzene rings is 1. The number of esters is 1. The van der Waals surface area contributed by atoms with Crippen molar-refractivity contribution in [2.24, 2.45) is 0 Å². The fourth-order valence-corrected chi connectivity index (χ4v) is 1.77. The standard InChI is InChI=1S/C13H11BrN2O3/c1-18-13(17)10-7-8(5-6-16-10)19-11-4-2-3-9(15)12(11)14/h2-7H,15H2,1H3. The number of ether oxygens (including phenoxy) is 2. The van der Waals surface area contributed by atoms with Crippen LogP contribution in [0.1, 0.15) is 10.5 Å². The highest BCUT2D eigenvalue weighted by Gasteiger charge is 2.10. The molecule has 0 unspecified atom stereocenters. The van der Waals surface area contributed by atoms with Gasteiger partial charge in [-0.25, -0.2) is 9.78 Å². The second-order valence-corrected chi connectivity index (χ2v) is 4.42. The third kappa shape index (κ3) is 3.03. The molecule has 0 atom stereocenters. The highest BCUT2D eigenvalue weighted by atomic mass is 79.9. The Kier molecular flexibility index (Phi) is 4.01. The highest BCUT2D eigenvalue weighted by molar-refractivity contribution is 9.10. The van der Waals surface area contributed by atoms with Crippen molar-refractivity contribution in [3.63, 3.8) is 0 Å². The van der Waals surface area contributed by atoms with E-state index in [1.165, 1.54) is 19.4 Å². The second kappa shape index (κ2) is 5.71. The molecule has 0 saturated carbocycles. The number of anilines is 1. The molecule has 0 saturated heterocycles. The summed E-state index contributed by atoms with van der Waals surface area (Å²) in [6.45, 7) is 0. The Morgan fingerprint density at radius 1 is 1.37 bits per heavy atom. The Morgan fingerprint density at radius 2 is 2.16 bits per heavy atom. The number of pyridine rings is 1. The number of rotatable bonds is 3. The van der Waals surface area contributed by atoms with Crippen molar-refractivity contribution in [2.75, 3.05) is 12.8 Å². The van der Waals surface area contributed by atoms with E-state index in [2.05, 4.69) is 25.7 Å². The zero-order chi connectivity index (χ0) is 13.8. The molecule has 2 rings (SSSR count). The lowest BCUT2D eigenvalue weighted by atomic mass is 10.3. The topological polar surface area (TPSA) is 74.4 Å². The smallest absolute Gasteiger partial charge is 0.356 e. The summed E-state index contributed by atoms with van der Waals surface area (Å²) >= 11 is 3.34. The molecule has 2 aromatic rings. The molecule has 0 amide bonds. The van der Waals surface area contributed by atoms with Crippen molar-refractivity contribution in [1.29, 1.82) is 0 Å². The molecule has 5 nitrogen and oxygen atoms in total. The van der Waals surface area contributed by atoms with Crippen LogP contribution in [-0.2, 0) is 4.74 Å². The normalized spacial score (nSPS) is 10.0. The predicted octanol–water partition coefficient (Wildman–Crippen LogP) is 3.01. The fraction of sp³-hybridized carbons (Fsp3) is 0.0769. The maximum atomic E-state index is 11.4. The van der Waals surface area contributed by atoms with E-state index in [0.717, 1.165) is 0 Å². The Labute approximate surface area is 118 Å². The van der Waals surface area contributed by atoms with Gasteiger partial charge in [0.1, 0.15) is 11.5 Å². The van der Waals surface area contributed by atoms with Gasteiger partial charge < -0.3 is 15.2 Å². The zero-order valence-corrected chi connectivity index (χ0v) is 11.7. The number of hydrogen-bond donors (Lipinski definition) is 1. The minimum absolute atomic E-state index is 0.181. The van der Waals surface area contributed by atoms with Gasteiger partial charge in [0.2, 0.25) is 0 Å². The summed E-state index contributed by atoms with van der Waals surface area (Å²) in [6.07, 6.45) is 1.47. The Balaban J connectivity index is 2.28. The maximum Gasteiger partial charge on any atom is 0.356 e. The van der Waals surface area contributed by atoms with E-state index < -0.39 is 5.97 Å². The number of carbonyl (C=O) groups is 1. The third-order valence-corrected chi connectivity index (χ3v) is 3.20. The lowest BCUT2D eigenvalue weighted by Gasteiger charge is -2.09. The molecule has 98 valence electrons. The molecule has 0 aliphatic rings. The number of halogens is 1. The first-order valence-electron chi connectivity index (χ1n) is 5.38. The minimum atomic E-state index is -0.517. The van der Waals surface area contributed by atoms with Crippen LogP contribution in [0.4, 0.5) is 5.69 Å². The van der Waals surface area contributed by atoms with Gasteiger partial charge in [0.05, 0.1) is 11.6 Å². The van der Waals surface area contributed by atoms with E-state index in [0.29, 0.717) is 21.7 Å². The van der Waals surface area contributed by atoms with Crippen molar-refractivity contribution < 1.29 is 14.3 Å². The van der Waals surface area contributed by atoms with E-state index in [1.807, 2.05) is 0 Å². The highest BCUT2D eigenvalue weighted by Crippen LogP contribution is 2.33. The molecule has 6 heteroatoms. The Bertz CT molecular complexity index is 617. The molecule has 2 N–H and O–H groups in total. The summed E-state index contributed by atoms with van der Waals surface area (Å²) < 4.78 is 10.9. The number of methoxy groups -OCH3 is 1. The SMILES string of the molecule is COC(=O)c1cc(Oc2cccc(N)c2Br)ccn1. The van der Waals surface area contributed by atoms with Gasteiger partial charge >= 0.3 is 5.97 Å². The first-order chi connectivity index (χ1) is 9.11. The van der Waals surface area contributed by atoms with Gasteiger partial charge in [0.15, 0.2) is 5.69 Å². The first-order valence-corrected chi connectivity index (χ1v) is 6.17. The monoisotopic (exact) mass is 322 g/mol. The van der Waals surface area contributed by atoms with E-state index in [9.17, 15) is 4.79 Å². The van der Waals surface area contributed by atoms with Gasteiger partial charge in [0, 0.05) is 18.0 Å². The van der Waals surface area contributed by atoms with E-state index >= 15 is 0 Å². The van der Waals surface area contributed by atoms with Crippen LogP contribution in [0.3, 0.4) is 0 Å². The van der Waals surface area contributed by atoms with Crippen LogP contribution in [0.25, 0.3) is 0 Å². The van der Waals surface area contributed by atoms with Crippen LogP contribution in [0.2, 0.25) is 0 Å². The number of carbonyl (C=O) groups excluding carboxylic acids is 1. The Morgan fingerprint density at radius 3 is 2.89 bits per heavy atom. The van der Waals surface area contributed by atoms with Crippen LogP contribution < -0.4 is 10.5 Å². The molecule has 0 bridgehead atoms. The van der Waals surface area contributed by atoms with Crippen LogP contribution in [-0.4, -0.2) is 18.1 Å². The molecular weight excluding hydrogens is 312 g/mol. The summed E-state index contributed by atoms with van der Waals surface area (Å²) in [4.78, 5) is 15.3. The van der Waals surface area contributed by atoms with Gasteiger partial charge in [-0.05, 0) is 34.1 Å². The molecule has 0 spiro atoms. The lowest BCUT2D eigenvalue weighted by Crippen LogP contribution is -2.03. The quantitative estimate of drug-likeness (QED) is 0.694. The molecule has 0 fully saturated rings. The summed E-state index contributed by atoms with van der Waals surface area (Å²) in [6, 6.07) is 8.43. The predicted molar refractivity (Wildman–Crippen MR) is 74.2 cm³/mol. The molecule has 1 heterocycles. The number of hydrogen-bond acceptors (Lipinski definition) is 5. The fourth-order valence-electron chi connectivity index (χ4n) is 1.42. The zero-order valence-electron chi connectivity index (χ0n) is 10.1. The molecule has 1 aromatic heterocycles. The molecule has 1 aromatic carbocycles. The number of nitrogens with zero attached hydrogens (tertiary/aromatic N) is 1. The lowest BCUT2D eigenvalue weighted by molar-refractivity contribution is 0.0593. The van der Waals surface area contributed by atoms with Crippen LogP contribution in [0.15, 0.2) is 41.0 Å². The van der Waals surface area contributed by atoms with Crippen molar-refractivity contribution in [2.45, 2.75) is 0 Å². The van der Waals surface area contributed by atoms with Crippen molar-refractivity contribution in [3.05, 3.63) is 46.7 Å². The molecule has 0 aliphatic carbocycles. The molecule has 19 heavy (non-hydrogen) atoms. The Hall–Kier alpha value is -2.08. The summed E-state index contributed by atoms with van der Waals surface area (Å²) in [5.74, 6) is 0.515. The van der Waals surface area contributed by atoms with Crippen LogP contribution in [0.5, 0.6) is 11.5 Å². The molecule has 0 radical (unpaired) electrons. The van der Waals surface area contributed by atoms with Crippen molar-refractivity contribution in [3.8, 4) is 11.5 Å². The third-order valence-electron chi connectivity index (χ3n) is 2.35. The van der Waals surface area contributed by atoms with Gasteiger partial charge in [-0.1, -0.05) is 6.07 Å². The molecule has 0 aliphatic heterocycles. The largest absolute Gasteiger partial charge is 0.464 e. The van der Waals surface area contributed by atoms with Crippen LogP contribution in [0, 0.1) is 0 Å². The van der Waals surface area contributed by atoms with Gasteiger partial charge in [-0.2, -0.15) is 0 Å². The van der Waals surface area contributed by atoms with E-state index in [-0.39, 0.29) is 5.69 Å². The number of nitrogens with two attached hydrogens (primary N) is 1. The second-order valence-electron chi connectivity index (χ2n) is 3.63. The van der Waals surface area contributed by atoms with Gasteiger partial charge in [0.25, 0.3) is 0 Å².